The highest BCUT2D eigenvalue weighted by Gasteiger charge is 2.21. The lowest BCUT2D eigenvalue weighted by atomic mass is 9.91. The molecule has 0 unspecified atom stereocenters. The minimum atomic E-state index is 0.423. The van der Waals surface area contributed by atoms with Crippen LogP contribution in [-0.2, 0) is 4.79 Å². The Morgan fingerprint density at radius 3 is 1.59 bits per heavy atom. The molecule has 0 spiro atoms. The van der Waals surface area contributed by atoms with E-state index in [0.717, 1.165) is 31.8 Å². The summed E-state index contributed by atoms with van der Waals surface area (Å²) in [6.07, 6.45) is 36.4. The minimum absolute atomic E-state index is 0.423. The van der Waals surface area contributed by atoms with Crippen LogP contribution in [0.1, 0.15) is 168 Å². The van der Waals surface area contributed by atoms with Crippen LogP contribution >= 0.6 is 0 Å². The average Bonchev–Trinajstić information content (AvgIpc) is 2.86. The summed E-state index contributed by atoms with van der Waals surface area (Å²) in [7, 11) is 0. The van der Waals surface area contributed by atoms with Crippen LogP contribution in [0, 0.1) is 5.92 Å². The number of nitrogens with zero attached hydrogens (tertiary/aromatic N) is 1. The molecule has 0 saturated carbocycles. The van der Waals surface area contributed by atoms with Crippen LogP contribution in [0.4, 0.5) is 0 Å². The molecule has 0 N–H and O–H groups in total. The maximum atomic E-state index is 12.5. The summed E-state index contributed by atoms with van der Waals surface area (Å²) in [5.41, 5.74) is 0. The Labute approximate surface area is 214 Å². The van der Waals surface area contributed by atoms with E-state index in [-0.39, 0.29) is 0 Å². The highest BCUT2D eigenvalue weighted by atomic mass is 16.2. The molecule has 0 atom stereocenters. The van der Waals surface area contributed by atoms with Crippen molar-refractivity contribution in [3.63, 3.8) is 0 Å². The van der Waals surface area contributed by atoms with E-state index in [4.69, 9.17) is 0 Å². The third-order valence-electron chi connectivity index (χ3n) is 7.84. The molecule has 1 fully saturated rings. The van der Waals surface area contributed by atoms with Crippen molar-refractivity contribution >= 4 is 5.91 Å². The fourth-order valence-corrected chi connectivity index (χ4v) is 5.37. The summed E-state index contributed by atoms with van der Waals surface area (Å²) in [6.45, 7) is 6.61. The van der Waals surface area contributed by atoms with Gasteiger partial charge in [-0.3, -0.25) is 4.79 Å². The first-order valence-corrected chi connectivity index (χ1v) is 15.7. The number of piperidine rings is 1. The summed E-state index contributed by atoms with van der Waals surface area (Å²) in [6, 6.07) is 0. The van der Waals surface area contributed by atoms with Crippen LogP contribution in [0.5, 0.6) is 0 Å². The van der Waals surface area contributed by atoms with Gasteiger partial charge in [-0.05, 0) is 50.9 Å². The van der Waals surface area contributed by atoms with Crippen LogP contribution in [-0.4, -0.2) is 23.9 Å². The van der Waals surface area contributed by atoms with Gasteiger partial charge < -0.3 is 4.90 Å². The SMILES string of the molecule is CCCCCCCC/C=C\CCCCCCCC(=O)N1CCC(CCCCCCCCC)CC1. The normalized spacial score (nSPS) is 14.9. The zero-order chi connectivity index (χ0) is 24.5. The predicted octanol–water partition coefficient (Wildman–Crippen LogP) is 10.4. The summed E-state index contributed by atoms with van der Waals surface area (Å²) >= 11 is 0. The molecule has 0 bridgehead atoms. The topological polar surface area (TPSA) is 20.3 Å². The van der Waals surface area contributed by atoms with Crippen molar-refractivity contribution in [1.29, 1.82) is 0 Å². The average molecular weight is 476 g/mol. The van der Waals surface area contributed by atoms with E-state index in [1.54, 1.807) is 0 Å². The molecular formula is C32H61NO. The summed E-state index contributed by atoms with van der Waals surface area (Å²) < 4.78 is 0. The highest BCUT2D eigenvalue weighted by Crippen LogP contribution is 2.24. The summed E-state index contributed by atoms with van der Waals surface area (Å²) in [4.78, 5) is 14.7. The van der Waals surface area contributed by atoms with Gasteiger partial charge in [0.1, 0.15) is 0 Å². The molecule has 200 valence electrons. The van der Waals surface area contributed by atoms with Crippen molar-refractivity contribution in [3.8, 4) is 0 Å². The van der Waals surface area contributed by atoms with Gasteiger partial charge in [0.2, 0.25) is 5.91 Å². The number of hydrogen-bond donors (Lipinski definition) is 0. The maximum absolute atomic E-state index is 12.5. The Kier molecular flexibility index (Phi) is 22.0. The second kappa shape index (κ2) is 23.9. The van der Waals surface area contributed by atoms with E-state index < -0.39 is 0 Å². The van der Waals surface area contributed by atoms with Crippen LogP contribution in [0.2, 0.25) is 0 Å². The molecule has 2 heteroatoms. The molecule has 1 aliphatic heterocycles. The van der Waals surface area contributed by atoms with E-state index in [2.05, 4.69) is 30.9 Å². The molecule has 1 amide bonds. The third-order valence-corrected chi connectivity index (χ3v) is 7.84. The van der Waals surface area contributed by atoms with Crippen LogP contribution in [0.25, 0.3) is 0 Å². The molecule has 1 rings (SSSR count). The van der Waals surface area contributed by atoms with Gasteiger partial charge in [0.05, 0.1) is 0 Å². The lowest BCUT2D eigenvalue weighted by Gasteiger charge is -2.32. The van der Waals surface area contributed by atoms with Crippen molar-refractivity contribution in [2.75, 3.05) is 13.1 Å². The van der Waals surface area contributed by atoms with Crippen molar-refractivity contribution in [3.05, 3.63) is 12.2 Å². The smallest absolute Gasteiger partial charge is 0.222 e. The molecule has 1 heterocycles. The van der Waals surface area contributed by atoms with Crippen LogP contribution in [0.3, 0.4) is 0 Å². The first kappa shape index (κ1) is 31.2. The molecule has 2 nitrogen and oxygen atoms in total. The monoisotopic (exact) mass is 475 g/mol. The number of amides is 1. The predicted molar refractivity (Wildman–Crippen MR) is 151 cm³/mol. The van der Waals surface area contributed by atoms with Gasteiger partial charge in [0.25, 0.3) is 0 Å². The molecule has 0 aliphatic carbocycles. The molecule has 1 saturated heterocycles. The molecular weight excluding hydrogens is 414 g/mol. The Balaban J connectivity index is 1.87. The molecule has 1 aliphatic rings. The first-order valence-electron chi connectivity index (χ1n) is 15.7. The van der Waals surface area contributed by atoms with E-state index >= 15 is 0 Å². The van der Waals surface area contributed by atoms with Crippen molar-refractivity contribution in [2.24, 2.45) is 5.92 Å². The molecule has 0 radical (unpaired) electrons. The quantitative estimate of drug-likeness (QED) is 0.106. The fourth-order valence-electron chi connectivity index (χ4n) is 5.37. The van der Waals surface area contributed by atoms with Crippen molar-refractivity contribution < 1.29 is 4.79 Å². The van der Waals surface area contributed by atoms with Gasteiger partial charge in [-0.1, -0.05) is 129 Å². The second-order valence-corrected chi connectivity index (χ2v) is 11.1. The molecule has 0 aromatic rings. The molecule has 34 heavy (non-hydrogen) atoms. The summed E-state index contributed by atoms with van der Waals surface area (Å²) in [5.74, 6) is 1.30. The fraction of sp³-hybridized carbons (Fsp3) is 0.906. The zero-order valence-electron chi connectivity index (χ0n) is 23.5. The number of carbonyl (C=O) groups excluding carboxylic acids is 1. The Hall–Kier alpha value is -0.790. The van der Waals surface area contributed by atoms with Gasteiger partial charge in [-0.2, -0.15) is 0 Å². The van der Waals surface area contributed by atoms with Gasteiger partial charge in [0.15, 0.2) is 0 Å². The van der Waals surface area contributed by atoms with Crippen molar-refractivity contribution in [2.45, 2.75) is 168 Å². The van der Waals surface area contributed by atoms with Gasteiger partial charge in [-0.15, -0.1) is 0 Å². The number of hydrogen-bond acceptors (Lipinski definition) is 1. The second-order valence-electron chi connectivity index (χ2n) is 11.1. The third kappa shape index (κ3) is 18.5. The van der Waals surface area contributed by atoms with E-state index in [1.807, 2.05) is 0 Å². The highest BCUT2D eigenvalue weighted by molar-refractivity contribution is 5.76. The molecule has 0 aromatic carbocycles. The van der Waals surface area contributed by atoms with Gasteiger partial charge in [-0.25, -0.2) is 0 Å². The Bertz CT molecular complexity index is 464. The van der Waals surface area contributed by atoms with Gasteiger partial charge in [0, 0.05) is 19.5 Å². The number of rotatable bonds is 23. The Morgan fingerprint density at radius 1 is 0.618 bits per heavy atom. The number of carbonyl (C=O) groups is 1. The minimum Gasteiger partial charge on any atom is -0.343 e. The maximum Gasteiger partial charge on any atom is 0.222 e. The number of allylic oxidation sites excluding steroid dienone is 2. The zero-order valence-corrected chi connectivity index (χ0v) is 23.5. The van der Waals surface area contributed by atoms with Crippen LogP contribution in [0.15, 0.2) is 12.2 Å². The van der Waals surface area contributed by atoms with Crippen molar-refractivity contribution in [1.82, 2.24) is 4.90 Å². The lowest BCUT2D eigenvalue weighted by molar-refractivity contribution is -0.132. The lowest BCUT2D eigenvalue weighted by Crippen LogP contribution is -2.38. The van der Waals surface area contributed by atoms with E-state index in [9.17, 15) is 4.79 Å². The number of unbranched alkanes of at least 4 members (excludes halogenated alkanes) is 17. The molecule has 0 aromatic heterocycles. The van der Waals surface area contributed by atoms with E-state index in [1.165, 1.54) is 141 Å². The standard InChI is InChI=1S/C32H61NO/c1-3-5-7-9-11-12-13-14-15-16-17-18-20-22-24-26-32(34)33-29-27-31(28-30-33)25-23-21-19-10-8-6-4-2/h14-15,31H,3-13,16-30H2,1-2H3/b15-14-. The number of likely N-dealkylation sites (tertiary alicyclic amines) is 1. The van der Waals surface area contributed by atoms with Crippen LogP contribution < -0.4 is 0 Å². The largest absolute Gasteiger partial charge is 0.343 e. The van der Waals surface area contributed by atoms with E-state index in [0.29, 0.717) is 5.91 Å². The summed E-state index contributed by atoms with van der Waals surface area (Å²) in [5, 5.41) is 0. The first-order chi connectivity index (χ1) is 16.8. The Morgan fingerprint density at radius 2 is 1.06 bits per heavy atom. The van der Waals surface area contributed by atoms with Gasteiger partial charge >= 0.3 is 0 Å².